The van der Waals surface area contributed by atoms with Crippen molar-refractivity contribution in [3.8, 4) is 11.5 Å². The minimum absolute atomic E-state index is 0.0153. The fourth-order valence-corrected chi connectivity index (χ4v) is 1.99. The van der Waals surface area contributed by atoms with Crippen molar-refractivity contribution in [3.05, 3.63) is 52.6 Å². The van der Waals surface area contributed by atoms with Crippen LogP contribution in [0.2, 0.25) is 0 Å². The molecular formula is C14H4F10OS. The van der Waals surface area contributed by atoms with Crippen LogP contribution in [0.25, 0.3) is 0 Å². The van der Waals surface area contributed by atoms with Gasteiger partial charge in [-0.2, -0.15) is 35.1 Å². The maximum Gasteiger partial charge on any atom is 0.416 e. The minimum atomic E-state index is -5.26. The van der Waals surface area contributed by atoms with Crippen LogP contribution < -0.4 is 4.74 Å². The molecule has 0 aliphatic rings. The third-order valence-electron chi connectivity index (χ3n) is 2.98. The van der Waals surface area contributed by atoms with Crippen molar-refractivity contribution in [1.29, 1.82) is 0 Å². The summed E-state index contributed by atoms with van der Waals surface area (Å²) in [4.78, 5) is -1.38. The average molecular weight is 410 g/mol. The molecule has 0 aromatic heterocycles. The Morgan fingerprint density at radius 3 is 1.38 bits per heavy atom. The van der Waals surface area contributed by atoms with E-state index in [9.17, 15) is 43.9 Å². The van der Waals surface area contributed by atoms with E-state index in [4.69, 9.17) is 0 Å². The van der Waals surface area contributed by atoms with Gasteiger partial charge in [-0.15, -0.1) is 12.6 Å². The second kappa shape index (κ2) is 6.56. The van der Waals surface area contributed by atoms with Crippen LogP contribution in [0.3, 0.4) is 0 Å². The third kappa shape index (κ3) is 3.84. The van der Waals surface area contributed by atoms with Gasteiger partial charge in [-0.3, -0.25) is 0 Å². The quantitative estimate of drug-likeness (QED) is 0.344. The summed E-state index contributed by atoms with van der Waals surface area (Å²) < 4.78 is 135. The van der Waals surface area contributed by atoms with Crippen molar-refractivity contribution in [2.45, 2.75) is 17.2 Å². The van der Waals surface area contributed by atoms with Crippen molar-refractivity contribution < 1.29 is 48.6 Å². The number of benzene rings is 2. The van der Waals surface area contributed by atoms with E-state index in [1.54, 1.807) is 0 Å². The molecule has 1 nitrogen and oxygen atoms in total. The van der Waals surface area contributed by atoms with Gasteiger partial charge in [-0.1, -0.05) is 0 Å². The highest BCUT2D eigenvalue weighted by molar-refractivity contribution is 7.80. The lowest BCUT2D eigenvalue weighted by molar-refractivity contribution is -0.143. The van der Waals surface area contributed by atoms with Gasteiger partial charge in [0.05, 0.1) is 16.0 Å². The Morgan fingerprint density at radius 2 is 1.04 bits per heavy atom. The molecule has 2 aromatic rings. The first-order valence-electron chi connectivity index (χ1n) is 6.25. The summed E-state index contributed by atoms with van der Waals surface area (Å²) in [6.45, 7) is 0. The Hall–Kier alpha value is -2.11. The fourth-order valence-electron chi connectivity index (χ4n) is 1.79. The number of alkyl halides is 6. The number of hydrogen-bond donors (Lipinski definition) is 1. The standard InChI is InChI=1S/C14H4F10OS/c15-7-9(17)12(26)10(18)8(16)11(7)25-6-2-4(13(19,20)21)1-5(3-6)14(22,23)24/h1-3,26H. The summed E-state index contributed by atoms with van der Waals surface area (Å²) in [5.74, 6) is -11.6. The first kappa shape index (κ1) is 20.2. The van der Waals surface area contributed by atoms with E-state index < -0.39 is 63.1 Å². The lowest BCUT2D eigenvalue weighted by Gasteiger charge is -2.15. The van der Waals surface area contributed by atoms with Crippen LogP contribution in [0.1, 0.15) is 11.1 Å². The Morgan fingerprint density at radius 1 is 0.654 bits per heavy atom. The molecule has 0 aliphatic heterocycles. The highest BCUT2D eigenvalue weighted by atomic mass is 32.1. The summed E-state index contributed by atoms with van der Waals surface area (Å²) in [6.07, 6.45) is -10.5. The molecule has 12 heteroatoms. The molecule has 0 N–H and O–H groups in total. The van der Waals surface area contributed by atoms with Crippen LogP contribution in [0, 0.1) is 23.3 Å². The van der Waals surface area contributed by atoms with E-state index in [2.05, 4.69) is 17.4 Å². The summed E-state index contributed by atoms with van der Waals surface area (Å²) in [6, 6.07) is -0.297. The molecule has 0 saturated heterocycles. The van der Waals surface area contributed by atoms with Gasteiger partial charge in [-0.25, -0.2) is 8.78 Å². The molecule has 2 aromatic carbocycles. The lowest BCUT2D eigenvalue weighted by atomic mass is 10.1. The topological polar surface area (TPSA) is 9.23 Å². The van der Waals surface area contributed by atoms with Crippen molar-refractivity contribution >= 4 is 12.6 Å². The first-order valence-corrected chi connectivity index (χ1v) is 6.70. The van der Waals surface area contributed by atoms with Crippen LogP contribution in [-0.4, -0.2) is 0 Å². The minimum Gasteiger partial charge on any atom is -0.451 e. The summed E-state index contributed by atoms with van der Waals surface area (Å²) >= 11 is 3.15. The zero-order valence-electron chi connectivity index (χ0n) is 11.9. The van der Waals surface area contributed by atoms with Crippen LogP contribution in [0.5, 0.6) is 11.5 Å². The average Bonchev–Trinajstić information content (AvgIpc) is 2.53. The van der Waals surface area contributed by atoms with E-state index in [0.29, 0.717) is 0 Å². The van der Waals surface area contributed by atoms with Gasteiger partial charge in [0.2, 0.25) is 17.4 Å². The fraction of sp³-hybridized carbons (Fsp3) is 0.143. The molecule has 0 aliphatic carbocycles. The first-order chi connectivity index (χ1) is 11.7. The van der Waals surface area contributed by atoms with Crippen molar-refractivity contribution in [2.24, 2.45) is 0 Å². The van der Waals surface area contributed by atoms with Gasteiger partial charge >= 0.3 is 12.4 Å². The largest absolute Gasteiger partial charge is 0.451 e. The second-order valence-electron chi connectivity index (χ2n) is 4.78. The van der Waals surface area contributed by atoms with E-state index in [1.165, 1.54) is 0 Å². The molecule has 0 spiro atoms. The second-order valence-corrected chi connectivity index (χ2v) is 5.22. The van der Waals surface area contributed by atoms with Gasteiger partial charge in [0, 0.05) is 0 Å². The van der Waals surface area contributed by atoms with Crippen molar-refractivity contribution in [2.75, 3.05) is 0 Å². The molecule has 0 saturated carbocycles. The number of hydrogen-bond acceptors (Lipinski definition) is 2. The molecule has 2 rings (SSSR count). The molecular weight excluding hydrogens is 406 g/mol. The molecule has 0 bridgehead atoms. The van der Waals surface area contributed by atoms with E-state index in [0.717, 1.165) is 0 Å². The van der Waals surface area contributed by atoms with E-state index in [1.807, 2.05) is 0 Å². The smallest absolute Gasteiger partial charge is 0.416 e. The normalized spacial score (nSPS) is 12.4. The number of rotatable bonds is 2. The Labute approximate surface area is 143 Å². The zero-order chi connectivity index (χ0) is 20.0. The van der Waals surface area contributed by atoms with Crippen LogP contribution in [0.15, 0.2) is 23.1 Å². The number of halogens is 10. The maximum atomic E-state index is 13.7. The Kier molecular flexibility index (Phi) is 5.10. The number of thiol groups is 1. The highest BCUT2D eigenvalue weighted by Gasteiger charge is 2.37. The molecule has 0 radical (unpaired) electrons. The van der Waals surface area contributed by atoms with Gasteiger partial charge in [0.15, 0.2) is 11.6 Å². The van der Waals surface area contributed by atoms with Gasteiger partial charge in [0.25, 0.3) is 0 Å². The zero-order valence-corrected chi connectivity index (χ0v) is 12.8. The Balaban J connectivity index is 2.64. The van der Waals surface area contributed by atoms with Crippen LogP contribution >= 0.6 is 12.6 Å². The summed E-state index contributed by atoms with van der Waals surface area (Å²) in [7, 11) is 0. The van der Waals surface area contributed by atoms with Crippen molar-refractivity contribution in [1.82, 2.24) is 0 Å². The monoisotopic (exact) mass is 410 g/mol. The Bertz CT molecular complexity index is 795. The molecule has 0 heterocycles. The lowest BCUT2D eigenvalue weighted by Crippen LogP contribution is -2.11. The molecule has 0 atom stereocenters. The SMILES string of the molecule is Fc1c(F)c(Oc2cc(C(F)(F)F)cc(C(F)(F)F)c2)c(F)c(F)c1S. The molecule has 0 fully saturated rings. The van der Waals surface area contributed by atoms with Gasteiger partial charge in [-0.05, 0) is 18.2 Å². The predicted molar refractivity (Wildman–Crippen MR) is 70.0 cm³/mol. The maximum absolute atomic E-state index is 13.7. The van der Waals surface area contributed by atoms with Crippen molar-refractivity contribution in [3.63, 3.8) is 0 Å². The van der Waals surface area contributed by atoms with Crippen LogP contribution in [0.4, 0.5) is 43.9 Å². The third-order valence-corrected chi connectivity index (χ3v) is 3.37. The van der Waals surface area contributed by atoms with E-state index in [-0.39, 0.29) is 18.2 Å². The summed E-state index contributed by atoms with van der Waals surface area (Å²) in [5, 5.41) is 0. The molecule has 0 amide bonds. The molecule has 26 heavy (non-hydrogen) atoms. The van der Waals surface area contributed by atoms with E-state index >= 15 is 0 Å². The molecule has 142 valence electrons. The number of ether oxygens (including phenoxy) is 1. The highest BCUT2D eigenvalue weighted by Crippen LogP contribution is 2.41. The van der Waals surface area contributed by atoms with Crippen LogP contribution in [-0.2, 0) is 12.4 Å². The predicted octanol–water partition coefficient (Wildman–Crippen LogP) is 6.36. The van der Waals surface area contributed by atoms with Gasteiger partial charge in [0.1, 0.15) is 5.75 Å². The van der Waals surface area contributed by atoms with Gasteiger partial charge < -0.3 is 4.74 Å². The summed E-state index contributed by atoms with van der Waals surface area (Å²) in [5.41, 5.74) is -3.70. The molecule has 0 unspecified atom stereocenters.